The summed E-state index contributed by atoms with van der Waals surface area (Å²) < 4.78 is 0. The molecule has 0 spiro atoms. The number of aliphatic hydroxyl groups is 2. The van der Waals surface area contributed by atoms with E-state index in [1.54, 1.807) is 4.90 Å². The van der Waals surface area contributed by atoms with Crippen LogP contribution in [-0.2, 0) is 4.79 Å². The molecule has 0 bridgehead atoms. The molecule has 0 aromatic heterocycles. The first-order valence-electron chi connectivity index (χ1n) is 7.10. The normalized spacial score (nSPS) is 30.6. The van der Waals surface area contributed by atoms with Gasteiger partial charge in [0.25, 0.3) is 0 Å². The molecule has 2 saturated heterocycles. The van der Waals surface area contributed by atoms with E-state index in [1.165, 1.54) is 4.90 Å². The van der Waals surface area contributed by atoms with Gasteiger partial charge in [-0.05, 0) is 25.2 Å². The molecule has 3 atom stereocenters. The van der Waals surface area contributed by atoms with Crippen molar-refractivity contribution in [3.8, 4) is 0 Å². The maximum atomic E-state index is 12.4. The second-order valence-corrected chi connectivity index (χ2v) is 5.65. The average molecular weight is 286 g/mol. The van der Waals surface area contributed by atoms with Crippen LogP contribution in [-0.4, -0.2) is 75.5 Å². The fourth-order valence-electron chi connectivity index (χ4n) is 3.10. The third-order valence-electron chi connectivity index (χ3n) is 4.14. The summed E-state index contributed by atoms with van der Waals surface area (Å²) in [4.78, 5) is 26.5. The lowest BCUT2D eigenvalue weighted by atomic mass is 9.95. The fourth-order valence-corrected chi connectivity index (χ4v) is 3.10. The van der Waals surface area contributed by atoms with Crippen LogP contribution in [0.15, 0.2) is 0 Å². The van der Waals surface area contributed by atoms with Gasteiger partial charge >= 0.3 is 12.0 Å². The highest BCUT2D eigenvalue weighted by molar-refractivity contribution is 5.83. The van der Waals surface area contributed by atoms with Crippen LogP contribution < -0.4 is 0 Å². The lowest BCUT2D eigenvalue weighted by Crippen LogP contribution is -2.51. The third-order valence-corrected chi connectivity index (χ3v) is 4.14. The lowest BCUT2D eigenvalue weighted by Gasteiger charge is -2.36. The Bertz CT molecular complexity index is 374. The maximum Gasteiger partial charge on any atom is 0.326 e. The Hall–Kier alpha value is -1.34. The van der Waals surface area contributed by atoms with Gasteiger partial charge < -0.3 is 25.1 Å². The minimum Gasteiger partial charge on any atom is -0.480 e. The number of piperidine rings is 1. The molecule has 1 unspecified atom stereocenters. The number of carboxylic acids is 1. The summed E-state index contributed by atoms with van der Waals surface area (Å²) in [5.41, 5.74) is 0. The van der Waals surface area contributed by atoms with Crippen molar-refractivity contribution in [2.75, 3.05) is 26.2 Å². The van der Waals surface area contributed by atoms with Crippen LogP contribution in [0, 0.1) is 5.92 Å². The molecule has 0 radical (unpaired) electrons. The van der Waals surface area contributed by atoms with Crippen molar-refractivity contribution < 1.29 is 24.9 Å². The van der Waals surface area contributed by atoms with E-state index in [4.69, 9.17) is 10.2 Å². The molecule has 2 aliphatic heterocycles. The number of nitrogens with zero attached hydrogens (tertiary/aromatic N) is 2. The number of hydrogen-bond acceptors (Lipinski definition) is 4. The Labute approximate surface area is 117 Å². The van der Waals surface area contributed by atoms with Crippen LogP contribution >= 0.6 is 0 Å². The second kappa shape index (κ2) is 6.41. The van der Waals surface area contributed by atoms with Gasteiger partial charge in [-0.2, -0.15) is 0 Å². The number of carbonyl (C=O) groups excluding carboxylic acids is 1. The molecule has 0 aliphatic carbocycles. The monoisotopic (exact) mass is 286 g/mol. The zero-order chi connectivity index (χ0) is 14.7. The molecular formula is C13H22N2O5. The smallest absolute Gasteiger partial charge is 0.326 e. The van der Waals surface area contributed by atoms with E-state index in [2.05, 4.69) is 0 Å². The quantitative estimate of drug-likeness (QED) is 0.662. The Morgan fingerprint density at radius 1 is 1.25 bits per heavy atom. The van der Waals surface area contributed by atoms with Crippen molar-refractivity contribution in [2.24, 2.45) is 5.92 Å². The van der Waals surface area contributed by atoms with Gasteiger partial charge in [-0.3, -0.25) is 0 Å². The molecule has 2 aliphatic rings. The van der Waals surface area contributed by atoms with Gasteiger partial charge in [0.15, 0.2) is 0 Å². The number of likely N-dealkylation sites (tertiary alicyclic amines) is 2. The highest BCUT2D eigenvalue weighted by Crippen LogP contribution is 2.24. The van der Waals surface area contributed by atoms with Gasteiger partial charge in [-0.15, -0.1) is 0 Å². The Balaban J connectivity index is 2.00. The molecular weight excluding hydrogens is 264 g/mol. The summed E-state index contributed by atoms with van der Waals surface area (Å²) in [7, 11) is 0. The van der Waals surface area contributed by atoms with Crippen molar-refractivity contribution in [3.05, 3.63) is 0 Å². The molecule has 7 heteroatoms. The minimum atomic E-state index is -1.07. The number of carbonyl (C=O) groups is 2. The molecule has 114 valence electrons. The highest BCUT2D eigenvalue weighted by Gasteiger charge is 2.41. The predicted molar refractivity (Wildman–Crippen MR) is 70.1 cm³/mol. The molecule has 7 nitrogen and oxygen atoms in total. The maximum absolute atomic E-state index is 12.4. The van der Waals surface area contributed by atoms with Crippen molar-refractivity contribution in [1.82, 2.24) is 9.80 Å². The molecule has 2 rings (SSSR count). The van der Waals surface area contributed by atoms with Crippen LogP contribution in [0.1, 0.15) is 25.7 Å². The van der Waals surface area contributed by atoms with E-state index >= 15 is 0 Å². The van der Waals surface area contributed by atoms with Gasteiger partial charge in [0.05, 0.1) is 6.10 Å². The third kappa shape index (κ3) is 3.21. The van der Waals surface area contributed by atoms with E-state index in [-0.39, 0.29) is 31.5 Å². The van der Waals surface area contributed by atoms with Crippen LogP contribution in [0.25, 0.3) is 0 Å². The Morgan fingerprint density at radius 3 is 2.65 bits per heavy atom. The van der Waals surface area contributed by atoms with Crippen LogP contribution in [0.2, 0.25) is 0 Å². The number of amides is 2. The number of carboxylic acid groups (broad SMARTS) is 1. The van der Waals surface area contributed by atoms with E-state index in [0.29, 0.717) is 19.5 Å². The number of urea groups is 1. The number of β-amino-alcohol motifs (C(OH)–C–C–N with tert-alkyl or cyclic N) is 1. The lowest BCUT2D eigenvalue weighted by molar-refractivity contribution is -0.141. The van der Waals surface area contributed by atoms with Crippen LogP contribution in [0.4, 0.5) is 4.79 Å². The molecule has 2 amide bonds. The fraction of sp³-hybridized carbons (Fsp3) is 0.846. The number of hydrogen-bond donors (Lipinski definition) is 3. The molecule has 3 N–H and O–H groups in total. The Kier molecular flexibility index (Phi) is 4.82. The van der Waals surface area contributed by atoms with E-state index in [0.717, 1.165) is 12.8 Å². The van der Waals surface area contributed by atoms with Crippen molar-refractivity contribution >= 4 is 12.0 Å². The molecule has 0 aromatic carbocycles. The van der Waals surface area contributed by atoms with E-state index < -0.39 is 18.1 Å². The topological polar surface area (TPSA) is 101 Å². The summed E-state index contributed by atoms with van der Waals surface area (Å²) in [6.07, 6.45) is 1.84. The summed E-state index contributed by atoms with van der Waals surface area (Å²) in [5, 5.41) is 27.7. The zero-order valence-electron chi connectivity index (χ0n) is 11.4. The number of rotatable bonds is 3. The second-order valence-electron chi connectivity index (χ2n) is 5.65. The Morgan fingerprint density at radius 2 is 2.00 bits per heavy atom. The van der Waals surface area contributed by atoms with Crippen LogP contribution in [0.3, 0.4) is 0 Å². The summed E-state index contributed by atoms with van der Waals surface area (Å²) in [5.74, 6) is -0.799. The first kappa shape index (κ1) is 15.1. The van der Waals surface area contributed by atoms with Crippen molar-refractivity contribution in [2.45, 2.75) is 37.8 Å². The molecule has 20 heavy (non-hydrogen) atoms. The molecule has 2 fully saturated rings. The van der Waals surface area contributed by atoms with Gasteiger partial charge in [0.2, 0.25) is 0 Å². The SMILES string of the molecule is O=C(O)[C@@H]1C[C@H](O)CN1C(=O)N1CCCC(CCO)C1. The summed E-state index contributed by atoms with van der Waals surface area (Å²) >= 11 is 0. The summed E-state index contributed by atoms with van der Waals surface area (Å²) in [6, 6.07) is -1.24. The summed E-state index contributed by atoms with van der Waals surface area (Å²) in [6.45, 7) is 1.35. The molecule has 2 heterocycles. The van der Waals surface area contributed by atoms with Gasteiger partial charge in [-0.25, -0.2) is 9.59 Å². The predicted octanol–water partition coefficient (Wildman–Crippen LogP) is -0.279. The van der Waals surface area contributed by atoms with Crippen molar-refractivity contribution in [1.29, 1.82) is 0 Å². The van der Waals surface area contributed by atoms with E-state index in [9.17, 15) is 14.7 Å². The van der Waals surface area contributed by atoms with Crippen LogP contribution in [0.5, 0.6) is 0 Å². The molecule has 0 aromatic rings. The van der Waals surface area contributed by atoms with Gasteiger partial charge in [0, 0.05) is 32.7 Å². The number of aliphatic carboxylic acids is 1. The average Bonchev–Trinajstić information content (AvgIpc) is 2.81. The zero-order valence-corrected chi connectivity index (χ0v) is 11.4. The minimum absolute atomic E-state index is 0.0803. The number of aliphatic hydroxyl groups excluding tert-OH is 2. The first-order chi connectivity index (χ1) is 9.52. The first-order valence-corrected chi connectivity index (χ1v) is 7.10. The van der Waals surface area contributed by atoms with E-state index in [1.807, 2.05) is 0 Å². The highest BCUT2D eigenvalue weighted by atomic mass is 16.4. The van der Waals surface area contributed by atoms with Crippen molar-refractivity contribution in [3.63, 3.8) is 0 Å². The largest absolute Gasteiger partial charge is 0.480 e. The van der Waals surface area contributed by atoms with Gasteiger partial charge in [0.1, 0.15) is 6.04 Å². The molecule has 0 saturated carbocycles. The standard InChI is InChI=1S/C13H22N2O5/c16-5-3-9-2-1-4-14(7-9)13(20)15-8-10(17)6-11(15)12(18)19/h9-11,16-17H,1-8H2,(H,18,19)/t9?,10-,11-/m0/s1. The van der Waals surface area contributed by atoms with Gasteiger partial charge in [-0.1, -0.05) is 0 Å².